The Morgan fingerprint density at radius 1 is 0.889 bits per heavy atom. The van der Waals surface area contributed by atoms with Crippen molar-refractivity contribution in [2.24, 2.45) is 0 Å². The number of rotatable bonds is 3. The third kappa shape index (κ3) is 3.12. The van der Waals surface area contributed by atoms with Crippen molar-refractivity contribution in [3.05, 3.63) is 88.1 Å². The molecule has 1 N–H and O–H groups in total. The highest BCUT2D eigenvalue weighted by Gasteiger charge is 2.27. The van der Waals surface area contributed by atoms with Gasteiger partial charge >= 0.3 is 0 Å². The fraction of sp³-hybridized carbons (Fsp3) is 0. The minimum atomic E-state index is -0.385. The van der Waals surface area contributed by atoms with Gasteiger partial charge in [0.2, 0.25) is 11.6 Å². The largest absolute Gasteiger partial charge is 0.351 e. The summed E-state index contributed by atoms with van der Waals surface area (Å²) in [5, 5.41) is 3.52. The molecular weight excluding hydrogens is 385 g/mol. The molecule has 132 valence electrons. The number of allylic oxidation sites excluding steroid dienone is 2. The summed E-state index contributed by atoms with van der Waals surface area (Å²) in [6, 6.07) is 13.1. The van der Waals surface area contributed by atoms with Crippen LogP contribution in [0.5, 0.6) is 0 Å². The highest BCUT2D eigenvalue weighted by Crippen LogP contribution is 2.39. The summed E-state index contributed by atoms with van der Waals surface area (Å²) in [6.45, 7) is 0. The van der Waals surface area contributed by atoms with E-state index >= 15 is 0 Å². The molecule has 0 spiro atoms. The SMILES string of the molecule is O=C1C(Nc2ccc(-c3ccccc3)c(Cl)c2Cl)=CC(=O)c2ncncc21. The number of hydrogen-bond acceptors (Lipinski definition) is 5. The van der Waals surface area contributed by atoms with Crippen molar-refractivity contribution in [2.45, 2.75) is 0 Å². The van der Waals surface area contributed by atoms with Gasteiger partial charge in [0, 0.05) is 17.8 Å². The highest BCUT2D eigenvalue weighted by molar-refractivity contribution is 6.45. The lowest BCUT2D eigenvalue weighted by molar-refractivity contribution is 0.0981. The first-order valence-electron chi connectivity index (χ1n) is 7.97. The zero-order chi connectivity index (χ0) is 19.0. The second kappa shape index (κ2) is 6.95. The molecule has 0 saturated carbocycles. The lowest BCUT2D eigenvalue weighted by atomic mass is 9.98. The molecule has 4 rings (SSSR count). The number of anilines is 1. The number of benzene rings is 2. The van der Waals surface area contributed by atoms with Crippen LogP contribution in [0.1, 0.15) is 20.8 Å². The number of aromatic nitrogens is 2. The summed E-state index contributed by atoms with van der Waals surface area (Å²) in [5.41, 5.74) is 2.44. The molecule has 0 aliphatic heterocycles. The molecule has 0 fully saturated rings. The van der Waals surface area contributed by atoms with Gasteiger partial charge in [-0.15, -0.1) is 0 Å². The van der Waals surface area contributed by atoms with E-state index < -0.39 is 0 Å². The van der Waals surface area contributed by atoms with Crippen molar-refractivity contribution in [3.8, 4) is 11.1 Å². The van der Waals surface area contributed by atoms with Gasteiger partial charge in [0.25, 0.3) is 0 Å². The molecule has 1 aliphatic rings. The minimum Gasteiger partial charge on any atom is -0.351 e. The molecule has 3 aromatic rings. The zero-order valence-electron chi connectivity index (χ0n) is 13.7. The number of nitrogens with zero attached hydrogens (tertiary/aromatic N) is 2. The van der Waals surface area contributed by atoms with Crippen molar-refractivity contribution in [1.82, 2.24) is 9.97 Å². The van der Waals surface area contributed by atoms with E-state index in [1.54, 1.807) is 12.1 Å². The van der Waals surface area contributed by atoms with Crippen LogP contribution >= 0.6 is 23.2 Å². The second-order valence-corrected chi connectivity index (χ2v) is 6.57. The summed E-state index contributed by atoms with van der Waals surface area (Å²) in [6.07, 6.45) is 3.76. The quantitative estimate of drug-likeness (QED) is 0.687. The van der Waals surface area contributed by atoms with E-state index in [1.165, 1.54) is 18.6 Å². The Morgan fingerprint density at radius 2 is 1.67 bits per heavy atom. The standard InChI is InChI=1S/C20H11Cl2N3O2/c21-17-12(11-4-2-1-3-5-11)6-7-14(18(17)22)25-15-8-16(26)19-13(20(15)27)9-23-10-24-19/h1-10,25H. The first kappa shape index (κ1) is 17.4. The van der Waals surface area contributed by atoms with Crippen LogP contribution in [0.15, 0.2) is 66.8 Å². The Balaban J connectivity index is 1.69. The van der Waals surface area contributed by atoms with Gasteiger partial charge in [-0.3, -0.25) is 9.59 Å². The summed E-state index contributed by atoms with van der Waals surface area (Å²) in [7, 11) is 0. The first-order valence-corrected chi connectivity index (χ1v) is 8.73. The Hall–Kier alpha value is -3.02. The molecule has 0 unspecified atom stereocenters. The number of fused-ring (bicyclic) bond motifs is 1. The first-order chi connectivity index (χ1) is 13.1. The van der Waals surface area contributed by atoms with Crippen LogP contribution in [-0.4, -0.2) is 21.5 Å². The van der Waals surface area contributed by atoms with Crippen molar-refractivity contribution in [3.63, 3.8) is 0 Å². The minimum absolute atomic E-state index is 0.0871. The van der Waals surface area contributed by atoms with Crippen LogP contribution in [-0.2, 0) is 0 Å². The molecule has 1 heterocycles. The normalized spacial score (nSPS) is 13.2. The molecule has 7 heteroatoms. The van der Waals surface area contributed by atoms with E-state index in [1.807, 2.05) is 30.3 Å². The molecule has 1 aliphatic carbocycles. The van der Waals surface area contributed by atoms with Gasteiger partial charge in [0.1, 0.15) is 12.0 Å². The van der Waals surface area contributed by atoms with Crippen molar-refractivity contribution >= 4 is 40.5 Å². The van der Waals surface area contributed by atoms with Crippen molar-refractivity contribution in [1.29, 1.82) is 0 Å². The molecule has 0 radical (unpaired) electrons. The van der Waals surface area contributed by atoms with Gasteiger partial charge in [-0.25, -0.2) is 9.97 Å². The van der Waals surface area contributed by atoms with E-state index in [-0.39, 0.29) is 33.5 Å². The summed E-state index contributed by atoms with van der Waals surface area (Å²) < 4.78 is 0. The predicted molar refractivity (Wildman–Crippen MR) is 104 cm³/mol. The Labute approximate surface area is 164 Å². The average molecular weight is 396 g/mol. The number of carbonyl (C=O) groups is 2. The lowest BCUT2D eigenvalue weighted by Crippen LogP contribution is -2.23. The van der Waals surface area contributed by atoms with E-state index in [9.17, 15) is 9.59 Å². The molecular formula is C20H11Cl2N3O2. The average Bonchev–Trinajstić information content (AvgIpc) is 2.70. The molecule has 0 atom stereocenters. The van der Waals surface area contributed by atoms with Crippen LogP contribution in [0.3, 0.4) is 0 Å². The summed E-state index contributed by atoms with van der Waals surface area (Å²) in [5.74, 6) is -0.762. The van der Waals surface area contributed by atoms with E-state index in [0.717, 1.165) is 11.1 Å². The number of carbonyl (C=O) groups excluding carboxylic acids is 2. The summed E-state index contributed by atoms with van der Waals surface area (Å²) >= 11 is 12.8. The molecule has 0 bridgehead atoms. The van der Waals surface area contributed by atoms with Crippen LogP contribution in [0.25, 0.3) is 11.1 Å². The van der Waals surface area contributed by atoms with Crippen molar-refractivity contribution < 1.29 is 9.59 Å². The maximum Gasteiger partial charge on any atom is 0.213 e. The maximum absolute atomic E-state index is 12.6. The van der Waals surface area contributed by atoms with Gasteiger partial charge in [0.05, 0.1) is 27.0 Å². The van der Waals surface area contributed by atoms with Gasteiger partial charge in [-0.05, 0) is 11.6 Å². The highest BCUT2D eigenvalue weighted by atomic mass is 35.5. The number of nitrogens with one attached hydrogen (secondary N) is 1. The van der Waals surface area contributed by atoms with E-state index in [4.69, 9.17) is 23.2 Å². The van der Waals surface area contributed by atoms with Crippen LogP contribution in [0.2, 0.25) is 10.0 Å². The molecule has 5 nitrogen and oxygen atoms in total. The predicted octanol–water partition coefficient (Wildman–Crippen LogP) is 4.83. The summed E-state index contributed by atoms with van der Waals surface area (Å²) in [4.78, 5) is 32.5. The molecule has 0 amide bonds. The molecule has 27 heavy (non-hydrogen) atoms. The topological polar surface area (TPSA) is 72.0 Å². The Bertz CT molecular complexity index is 1110. The van der Waals surface area contributed by atoms with E-state index in [0.29, 0.717) is 10.7 Å². The molecule has 1 aromatic heterocycles. The van der Waals surface area contributed by atoms with Gasteiger partial charge < -0.3 is 5.32 Å². The maximum atomic E-state index is 12.6. The number of ketones is 2. The Kier molecular flexibility index (Phi) is 4.48. The fourth-order valence-corrected chi connectivity index (χ4v) is 3.31. The van der Waals surface area contributed by atoms with Crippen LogP contribution < -0.4 is 5.32 Å². The van der Waals surface area contributed by atoms with Crippen molar-refractivity contribution in [2.75, 3.05) is 5.32 Å². The molecule has 2 aromatic carbocycles. The van der Waals surface area contributed by atoms with Gasteiger partial charge in [0.15, 0.2) is 0 Å². The lowest BCUT2D eigenvalue weighted by Gasteiger charge is -2.17. The number of Topliss-reactive ketones (excluding diaryl/α,β-unsaturated/α-hetero) is 1. The fourth-order valence-electron chi connectivity index (χ4n) is 2.83. The van der Waals surface area contributed by atoms with Crippen LogP contribution in [0, 0.1) is 0 Å². The van der Waals surface area contributed by atoms with Gasteiger partial charge in [-0.2, -0.15) is 0 Å². The molecule has 0 saturated heterocycles. The monoisotopic (exact) mass is 395 g/mol. The number of hydrogen-bond donors (Lipinski definition) is 1. The third-order valence-electron chi connectivity index (χ3n) is 4.15. The third-order valence-corrected chi connectivity index (χ3v) is 5.03. The van der Waals surface area contributed by atoms with E-state index in [2.05, 4.69) is 15.3 Å². The van der Waals surface area contributed by atoms with Gasteiger partial charge in [-0.1, -0.05) is 59.6 Å². The second-order valence-electron chi connectivity index (χ2n) is 5.82. The zero-order valence-corrected chi connectivity index (χ0v) is 15.3. The Morgan fingerprint density at radius 3 is 2.44 bits per heavy atom. The number of halogens is 2. The smallest absolute Gasteiger partial charge is 0.213 e. The van der Waals surface area contributed by atoms with Crippen LogP contribution in [0.4, 0.5) is 5.69 Å².